The fourth-order valence-electron chi connectivity index (χ4n) is 9.27. The minimum atomic E-state index is -0.559. The third kappa shape index (κ3) is 10.4. The van der Waals surface area contributed by atoms with Crippen LogP contribution in [-0.4, -0.2) is 138 Å². The summed E-state index contributed by atoms with van der Waals surface area (Å²) in [5.41, 5.74) is 4.57. The number of aromatic hydroxyl groups is 2. The number of esters is 1. The summed E-state index contributed by atoms with van der Waals surface area (Å²) in [5, 5.41) is 51.9. The number of nitrogens with zero attached hydrogens (tertiary/aromatic N) is 3. The number of anilines is 2. The van der Waals surface area contributed by atoms with Crippen LogP contribution in [0.15, 0.2) is 71.6 Å². The summed E-state index contributed by atoms with van der Waals surface area (Å²) in [6.45, 7) is 4.02. The zero-order chi connectivity index (χ0) is 44.8. The Bertz CT molecular complexity index is 2430. The molecule has 0 radical (unpaired) electrons. The minimum Gasteiger partial charge on any atom is -0.507 e. The molecule has 3 aromatic carbocycles. The molecule has 65 heavy (non-hydrogen) atoms. The molecule has 16 nitrogen and oxygen atoms in total. The molecule has 1 aliphatic heterocycles. The molecule has 2 aromatic heterocycles. The topological polar surface area (TPSA) is 220 Å². The number of carbonyl (C=O) groups is 3. The van der Waals surface area contributed by atoms with Crippen LogP contribution in [0.1, 0.15) is 59.7 Å². The van der Waals surface area contributed by atoms with Gasteiger partial charge in [0, 0.05) is 117 Å². The Kier molecular flexibility index (Phi) is 17.8. The van der Waals surface area contributed by atoms with E-state index in [-0.39, 0.29) is 89.7 Å². The van der Waals surface area contributed by atoms with Gasteiger partial charge in [0.05, 0.1) is 47.6 Å². The number of nitrogens with one attached hydrogen (secondary N) is 4. The number of rotatable bonds is 16. The zero-order valence-electron chi connectivity index (χ0n) is 36.4. The highest BCUT2D eigenvalue weighted by atomic mass is 79.9. The Hall–Kier alpha value is -4.82. The molecule has 3 unspecified atom stereocenters. The molecule has 350 valence electrons. The molecule has 5 aromatic rings. The summed E-state index contributed by atoms with van der Waals surface area (Å²) >= 11 is 3.35. The number of aromatic nitrogens is 2. The van der Waals surface area contributed by atoms with E-state index in [2.05, 4.69) is 90.1 Å². The van der Waals surface area contributed by atoms with E-state index < -0.39 is 17.2 Å². The molecule has 0 amide bonds. The van der Waals surface area contributed by atoms with Gasteiger partial charge in [-0.1, -0.05) is 12.1 Å². The predicted octanol–water partition coefficient (Wildman–Crippen LogP) is 4.62. The summed E-state index contributed by atoms with van der Waals surface area (Å²) in [4.78, 5) is 45.7. The van der Waals surface area contributed by atoms with E-state index in [1.54, 1.807) is 24.4 Å². The molecule has 3 atom stereocenters. The summed E-state index contributed by atoms with van der Waals surface area (Å²) in [6, 6.07) is 14.2. The molecule has 19 heteroatoms. The van der Waals surface area contributed by atoms with Crippen molar-refractivity contribution in [2.45, 2.75) is 24.5 Å². The number of likely N-dealkylation sites (tertiary alicyclic amines) is 1. The number of likely N-dealkylation sites (N-methyl/N-ethyl adjacent to an activating group) is 1. The number of benzene rings is 3. The quantitative estimate of drug-likeness (QED) is 0.0377. The van der Waals surface area contributed by atoms with Crippen molar-refractivity contribution < 1.29 is 44.3 Å². The number of methoxy groups -OCH3 is 1. The van der Waals surface area contributed by atoms with Crippen LogP contribution >= 0.6 is 40.7 Å². The van der Waals surface area contributed by atoms with E-state index in [0.29, 0.717) is 62.8 Å². The predicted molar refractivity (Wildman–Crippen MR) is 257 cm³/mol. The van der Waals surface area contributed by atoms with Crippen molar-refractivity contribution in [1.29, 1.82) is 0 Å². The number of ether oxygens (including phenoxy) is 2. The van der Waals surface area contributed by atoms with Gasteiger partial charge in [-0.2, -0.15) is 0 Å². The maximum atomic E-state index is 13.4. The van der Waals surface area contributed by atoms with E-state index >= 15 is 0 Å². The molecule has 3 heterocycles. The van der Waals surface area contributed by atoms with Crippen molar-refractivity contribution >= 4 is 80.6 Å². The third-order valence-corrected chi connectivity index (χ3v) is 12.4. The second-order valence-electron chi connectivity index (χ2n) is 16.0. The number of pyridine rings is 1. The van der Waals surface area contributed by atoms with Gasteiger partial charge in [-0.3, -0.25) is 19.5 Å². The fourth-order valence-corrected chi connectivity index (χ4v) is 9.63. The second-order valence-corrected chi connectivity index (χ2v) is 16.9. The first-order valence-corrected chi connectivity index (χ1v) is 21.8. The lowest BCUT2D eigenvalue weighted by Gasteiger charge is -2.53. The van der Waals surface area contributed by atoms with E-state index in [4.69, 9.17) is 19.7 Å². The van der Waals surface area contributed by atoms with Crippen LogP contribution in [0.2, 0.25) is 0 Å². The Morgan fingerprint density at radius 2 is 1.45 bits per heavy atom. The molecular formula is C46H56BrCl2N7O9. The number of piperidine rings is 1. The Balaban J connectivity index is 0.000000237. The first-order chi connectivity index (χ1) is 30.4. The van der Waals surface area contributed by atoms with Crippen LogP contribution in [0.5, 0.6) is 11.5 Å². The maximum Gasteiger partial charge on any atom is 0.339 e. The smallest absolute Gasteiger partial charge is 0.339 e. The maximum absolute atomic E-state index is 13.4. The number of aryl methyl sites for hydroxylation is 1. The lowest BCUT2D eigenvalue weighted by Crippen LogP contribution is -2.59. The van der Waals surface area contributed by atoms with Gasteiger partial charge >= 0.3 is 5.97 Å². The SMILES string of the molecule is COC12CC(COC(=O)c3cncc(Br)c3)CN(C)C1Cc1cn(C)c3cccc2c13.Cl.Cl.O=C1c2c(O)ccc(O)c2C(=O)c2c(NCCNCCO)ccc(NCCNCCO)c21. The average Bonchev–Trinajstić information content (AvgIpc) is 3.61. The highest BCUT2D eigenvalue weighted by Gasteiger charge is 2.52. The highest BCUT2D eigenvalue weighted by Crippen LogP contribution is 2.50. The zero-order valence-corrected chi connectivity index (χ0v) is 39.6. The van der Waals surface area contributed by atoms with Gasteiger partial charge in [0.1, 0.15) is 17.1 Å². The van der Waals surface area contributed by atoms with Gasteiger partial charge < -0.3 is 55.7 Å². The van der Waals surface area contributed by atoms with Gasteiger partial charge in [-0.15, -0.1) is 24.8 Å². The van der Waals surface area contributed by atoms with Crippen molar-refractivity contribution in [1.82, 2.24) is 25.1 Å². The van der Waals surface area contributed by atoms with Crippen LogP contribution in [0.4, 0.5) is 11.4 Å². The van der Waals surface area contributed by atoms with Crippen LogP contribution in [0.3, 0.4) is 0 Å². The molecule has 1 saturated heterocycles. The number of phenolic OH excluding ortho intramolecular Hbond substituents is 2. The second kappa shape index (κ2) is 22.6. The molecule has 3 aliphatic rings. The van der Waals surface area contributed by atoms with E-state index in [9.17, 15) is 24.6 Å². The largest absolute Gasteiger partial charge is 0.507 e. The minimum absolute atomic E-state index is 0. The van der Waals surface area contributed by atoms with Crippen LogP contribution < -0.4 is 21.3 Å². The van der Waals surface area contributed by atoms with Crippen molar-refractivity contribution in [3.05, 3.63) is 111 Å². The van der Waals surface area contributed by atoms with E-state index in [1.165, 1.54) is 40.4 Å². The normalized spacial score (nSPS) is 18.2. The standard InChI is InChI=1S/C24H26BrN3O3.C22H28N4O6.2ClH/c1-27-13-17-8-21-24(30-3,19-5-4-6-20(27)22(17)19)9-15(12-28(21)2)14-31-23(29)16-7-18(25)11-26-10-16;27-11-9-23-5-7-25-13-1-2-14(26-8-6-24-10-12-28)18-17(13)21(31)19-15(29)3-4-16(30)20(19)22(18)32;;/h4-7,10-11,13,15,21H,8-9,12,14H2,1-3H3;1-4,23-30H,5-12H2;2*1H. The fraction of sp³-hybridized carbons (Fsp3) is 0.391. The lowest BCUT2D eigenvalue weighted by molar-refractivity contribution is -0.131. The van der Waals surface area contributed by atoms with Gasteiger partial charge in [0.2, 0.25) is 11.6 Å². The Morgan fingerprint density at radius 3 is 2.00 bits per heavy atom. The summed E-state index contributed by atoms with van der Waals surface area (Å²) in [6.07, 6.45) is 7.20. The number of hydrogen-bond acceptors (Lipinski definition) is 15. The number of aliphatic hydroxyl groups is 2. The monoisotopic (exact) mass is 999 g/mol. The summed E-state index contributed by atoms with van der Waals surface area (Å²) < 4.78 is 15.0. The average molecular weight is 1000 g/mol. The van der Waals surface area contributed by atoms with Crippen LogP contribution in [0, 0.1) is 5.92 Å². The van der Waals surface area contributed by atoms with Crippen molar-refractivity contribution in [3.8, 4) is 11.5 Å². The summed E-state index contributed by atoms with van der Waals surface area (Å²) in [7, 11) is 6.07. The van der Waals surface area contributed by atoms with Crippen LogP contribution in [-0.2, 0) is 28.5 Å². The first-order valence-electron chi connectivity index (χ1n) is 21.0. The number of carbonyl (C=O) groups excluding carboxylic acids is 3. The van der Waals surface area contributed by atoms with Crippen LogP contribution in [0.25, 0.3) is 10.9 Å². The van der Waals surface area contributed by atoms with Crippen molar-refractivity contribution in [3.63, 3.8) is 0 Å². The molecule has 1 fully saturated rings. The first kappa shape index (κ1) is 51.2. The number of aliphatic hydroxyl groups excluding tert-OH is 2. The summed E-state index contributed by atoms with van der Waals surface area (Å²) in [5.74, 6) is -2.04. The number of phenols is 2. The van der Waals surface area contributed by atoms with Gasteiger partial charge in [0.15, 0.2) is 0 Å². The number of ketones is 2. The molecule has 8 N–H and O–H groups in total. The van der Waals surface area contributed by atoms with Gasteiger partial charge in [0.25, 0.3) is 0 Å². The van der Waals surface area contributed by atoms with Crippen molar-refractivity contribution in [2.24, 2.45) is 13.0 Å². The van der Waals surface area contributed by atoms with Gasteiger partial charge in [-0.05, 0) is 83.3 Å². The third-order valence-electron chi connectivity index (χ3n) is 12.0. The number of halogens is 3. The Labute approximate surface area is 398 Å². The molecule has 0 bridgehead atoms. The number of fused-ring (bicyclic) bond motifs is 4. The number of hydrogen-bond donors (Lipinski definition) is 8. The Morgan fingerprint density at radius 1 is 0.846 bits per heavy atom. The molecule has 2 aliphatic carbocycles. The highest BCUT2D eigenvalue weighted by molar-refractivity contribution is 9.10. The van der Waals surface area contributed by atoms with Gasteiger partial charge in [-0.25, -0.2) is 4.79 Å². The van der Waals surface area contributed by atoms with E-state index in [0.717, 1.165) is 23.9 Å². The molecule has 0 spiro atoms. The molecule has 8 rings (SSSR count). The van der Waals surface area contributed by atoms with E-state index in [1.807, 2.05) is 7.11 Å². The van der Waals surface area contributed by atoms with Crippen molar-refractivity contribution in [2.75, 3.05) is 90.4 Å². The molecule has 0 saturated carbocycles. The lowest BCUT2D eigenvalue weighted by atomic mass is 9.69. The molecular weight excluding hydrogens is 945 g/mol.